The van der Waals surface area contributed by atoms with Crippen molar-refractivity contribution in [3.63, 3.8) is 0 Å². The Balaban J connectivity index is 2.70. The lowest BCUT2D eigenvalue weighted by Crippen LogP contribution is -2.16. The van der Waals surface area contributed by atoms with Crippen LogP contribution >= 0.6 is 0 Å². The largest absolute Gasteiger partial charge is 0.481 e. The van der Waals surface area contributed by atoms with Gasteiger partial charge in [0.05, 0.1) is 4.92 Å². The van der Waals surface area contributed by atoms with E-state index in [0.29, 0.717) is 17.7 Å². The van der Waals surface area contributed by atoms with E-state index in [1.807, 2.05) is 6.92 Å². The van der Waals surface area contributed by atoms with Crippen molar-refractivity contribution in [1.82, 2.24) is 0 Å². The summed E-state index contributed by atoms with van der Waals surface area (Å²) >= 11 is 0. The number of anilines is 1. The number of carbonyl (C=O) groups is 1. The number of rotatable bonds is 6. The summed E-state index contributed by atoms with van der Waals surface area (Å²) < 4.78 is 0. The van der Waals surface area contributed by atoms with Crippen LogP contribution in [0.3, 0.4) is 0 Å². The van der Waals surface area contributed by atoms with Gasteiger partial charge in [0.1, 0.15) is 0 Å². The Bertz CT molecular complexity index is 459. The molecule has 1 aromatic carbocycles. The molecule has 0 heterocycles. The van der Waals surface area contributed by atoms with Crippen molar-refractivity contribution in [3.05, 3.63) is 33.9 Å². The molecule has 0 spiro atoms. The maximum Gasteiger partial charge on any atom is 0.303 e. The average molecular weight is 252 g/mol. The molecule has 0 saturated heterocycles. The third-order valence-corrected chi connectivity index (χ3v) is 2.61. The van der Waals surface area contributed by atoms with Crippen molar-refractivity contribution in [2.75, 3.05) is 5.32 Å². The molecule has 0 aliphatic carbocycles. The lowest BCUT2D eigenvalue weighted by Gasteiger charge is -2.14. The van der Waals surface area contributed by atoms with Crippen LogP contribution < -0.4 is 5.32 Å². The molecule has 0 radical (unpaired) electrons. The fourth-order valence-corrected chi connectivity index (χ4v) is 1.59. The first-order valence-corrected chi connectivity index (χ1v) is 5.63. The summed E-state index contributed by atoms with van der Waals surface area (Å²) in [5.41, 5.74) is 1.29. The van der Waals surface area contributed by atoms with Gasteiger partial charge >= 0.3 is 5.97 Å². The summed E-state index contributed by atoms with van der Waals surface area (Å²) in [4.78, 5) is 20.8. The number of nitrogens with zero attached hydrogens (tertiary/aromatic N) is 1. The lowest BCUT2D eigenvalue weighted by atomic mass is 10.1. The van der Waals surface area contributed by atoms with Gasteiger partial charge in [0, 0.05) is 29.8 Å². The van der Waals surface area contributed by atoms with Gasteiger partial charge < -0.3 is 10.4 Å². The van der Waals surface area contributed by atoms with E-state index in [0.717, 1.165) is 0 Å². The minimum Gasteiger partial charge on any atom is -0.481 e. The highest BCUT2D eigenvalue weighted by Gasteiger charge is 2.12. The quantitative estimate of drug-likeness (QED) is 0.599. The first kappa shape index (κ1) is 14.0. The minimum absolute atomic E-state index is 0.0524. The van der Waals surface area contributed by atoms with Crippen molar-refractivity contribution in [1.29, 1.82) is 0 Å². The molecule has 6 nitrogen and oxygen atoms in total. The number of hydrogen-bond acceptors (Lipinski definition) is 4. The number of hydrogen-bond donors (Lipinski definition) is 2. The van der Waals surface area contributed by atoms with Crippen molar-refractivity contribution in [2.45, 2.75) is 32.7 Å². The highest BCUT2D eigenvalue weighted by Crippen LogP contribution is 2.23. The zero-order valence-electron chi connectivity index (χ0n) is 10.3. The number of aryl methyl sites for hydroxylation is 1. The normalized spacial score (nSPS) is 11.9. The van der Waals surface area contributed by atoms with Crippen LogP contribution in [-0.2, 0) is 4.79 Å². The van der Waals surface area contributed by atoms with Gasteiger partial charge in [-0.3, -0.25) is 14.9 Å². The number of aliphatic carboxylic acids is 1. The molecule has 0 saturated carbocycles. The summed E-state index contributed by atoms with van der Waals surface area (Å²) in [6.45, 7) is 3.52. The van der Waals surface area contributed by atoms with Gasteiger partial charge in [-0.05, 0) is 26.3 Å². The van der Waals surface area contributed by atoms with Crippen LogP contribution in [-0.4, -0.2) is 22.0 Å². The summed E-state index contributed by atoms with van der Waals surface area (Å²) in [7, 11) is 0. The Kier molecular flexibility index (Phi) is 4.65. The molecule has 2 N–H and O–H groups in total. The van der Waals surface area contributed by atoms with E-state index in [1.54, 1.807) is 19.1 Å². The molecule has 0 aliphatic rings. The molecule has 0 aromatic heterocycles. The molecular formula is C12H16N2O4. The first-order chi connectivity index (χ1) is 8.40. The van der Waals surface area contributed by atoms with Crippen LogP contribution in [0.25, 0.3) is 0 Å². The molecule has 0 bridgehead atoms. The lowest BCUT2D eigenvalue weighted by molar-refractivity contribution is -0.385. The van der Waals surface area contributed by atoms with E-state index in [1.165, 1.54) is 6.07 Å². The molecule has 18 heavy (non-hydrogen) atoms. The molecular weight excluding hydrogens is 236 g/mol. The third-order valence-electron chi connectivity index (χ3n) is 2.61. The topological polar surface area (TPSA) is 92.5 Å². The van der Waals surface area contributed by atoms with Gasteiger partial charge in [-0.2, -0.15) is 0 Å². The average Bonchev–Trinajstić information content (AvgIpc) is 2.28. The number of nitro groups is 1. The molecule has 1 atom stereocenters. The first-order valence-electron chi connectivity index (χ1n) is 5.63. The molecule has 0 fully saturated rings. The maximum atomic E-state index is 10.8. The zero-order valence-corrected chi connectivity index (χ0v) is 10.3. The van der Waals surface area contributed by atoms with Crippen LogP contribution in [0.15, 0.2) is 18.2 Å². The number of benzene rings is 1. The van der Waals surface area contributed by atoms with Crippen molar-refractivity contribution < 1.29 is 14.8 Å². The fourth-order valence-electron chi connectivity index (χ4n) is 1.59. The molecule has 1 rings (SSSR count). The smallest absolute Gasteiger partial charge is 0.303 e. The van der Waals surface area contributed by atoms with Gasteiger partial charge in [-0.1, -0.05) is 6.07 Å². The second-order valence-corrected chi connectivity index (χ2v) is 4.24. The van der Waals surface area contributed by atoms with E-state index in [-0.39, 0.29) is 18.2 Å². The SMILES string of the molecule is Cc1ccc(NC(C)CCC(=O)O)cc1[N+](=O)[O-]. The number of nitro benzene ring substituents is 1. The highest BCUT2D eigenvalue weighted by molar-refractivity contribution is 5.66. The van der Waals surface area contributed by atoms with E-state index in [9.17, 15) is 14.9 Å². The second-order valence-electron chi connectivity index (χ2n) is 4.24. The highest BCUT2D eigenvalue weighted by atomic mass is 16.6. The third kappa shape index (κ3) is 4.04. The Morgan fingerprint density at radius 3 is 2.78 bits per heavy atom. The Morgan fingerprint density at radius 1 is 1.56 bits per heavy atom. The van der Waals surface area contributed by atoms with Crippen LogP contribution in [0, 0.1) is 17.0 Å². The number of carboxylic acids is 1. The van der Waals surface area contributed by atoms with Gasteiger partial charge in [-0.15, -0.1) is 0 Å². The molecule has 6 heteroatoms. The van der Waals surface area contributed by atoms with Crippen LogP contribution in [0.1, 0.15) is 25.3 Å². The predicted octanol–water partition coefficient (Wildman–Crippen LogP) is 2.57. The Hall–Kier alpha value is -2.11. The summed E-state index contributed by atoms with van der Waals surface area (Å²) in [5, 5.41) is 22.4. The molecule has 98 valence electrons. The van der Waals surface area contributed by atoms with E-state index >= 15 is 0 Å². The maximum absolute atomic E-state index is 10.8. The second kappa shape index (κ2) is 6.00. The zero-order chi connectivity index (χ0) is 13.7. The number of carboxylic acid groups (broad SMARTS) is 1. The van der Waals surface area contributed by atoms with E-state index < -0.39 is 10.9 Å². The molecule has 0 aliphatic heterocycles. The standard InChI is InChI=1S/C12H16N2O4/c1-8-3-5-10(7-11(8)14(17)18)13-9(2)4-6-12(15)16/h3,5,7,9,13H,4,6H2,1-2H3,(H,15,16). The van der Waals surface area contributed by atoms with Crippen molar-refractivity contribution in [3.8, 4) is 0 Å². The van der Waals surface area contributed by atoms with Gasteiger partial charge in [0.2, 0.25) is 0 Å². The van der Waals surface area contributed by atoms with Crippen molar-refractivity contribution in [2.24, 2.45) is 0 Å². The van der Waals surface area contributed by atoms with E-state index in [2.05, 4.69) is 5.32 Å². The summed E-state index contributed by atoms with van der Waals surface area (Å²) in [6.07, 6.45) is 0.541. The monoisotopic (exact) mass is 252 g/mol. The van der Waals surface area contributed by atoms with Gasteiger partial charge in [0.15, 0.2) is 0 Å². The number of nitrogens with one attached hydrogen (secondary N) is 1. The molecule has 1 aromatic rings. The van der Waals surface area contributed by atoms with Gasteiger partial charge in [-0.25, -0.2) is 0 Å². The molecule has 1 unspecified atom stereocenters. The van der Waals surface area contributed by atoms with Crippen LogP contribution in [0.5, 0.6) is 0 Å². The summed E-state index contributed by atoms with van der Waals surface area (Å²) in [6, 6.07) is 4.83. The predicted molar refractivity (Wildman–Crippen MR) is 67.8 cm³/mol. The fraction of sp³-hybridized carbons (Fsp3) is 0.417. The Labute approximate surface area is 105 Å². The minimum atomic E-state index is -0.849. The Morgan fingerprint density at radius 2 is 2.22 bits per heavy atom. The van der Waals surface area contributed by atoms with Crippen LogP contribution in [0.2, 0.25) is 0 Å². The van der Waals surface area contributed by atoms with Gasteiger partial charge in [0.25, 0.3) is 5.69 Å². The summed E-state index contributed by atoms with van der Waals surface area (Å²) in [5.74, 6) is -0.849. The van der Waals surface area contributed by atoms with Crippen molar-refractivity contribution >= 4 is 17.3 Å². The van der Waals surface area contributed by atoms with Crippen LogP contribution in [0.4, 0.5) is 11.4 Å². The molecule has 0 amide bonds. The van der Waals surface area contributed by atoms with E-state index in [4.69, 9.17) is 5.11 Å².